The number of aromatic nitrogens is 2. The van der Waals surface area contributed by atoms with Crippen molar-refractivity contribution in [1.82, 2.24) is 14.9 Å². The molecule has 0 amide bonds. The van der Waals surface area contributed by atoms with Gasteiger partial charge in [-0.2, -0.15) is 4.98 Å². The van der Waals surface area contributed by atoms with E-state index in [1.54, 1.807) is 32.6 Å². The summed E-state index contributed by atoms with van der Waals surface area (Å²) in [5, 5.41) is 8.00. The molecule has 220 valence electrons. The number of piperidine rings is 1. The van der Waals surface area contributed by atoms with Crippen LogP contribution in [0.25, 0.3) is 0 Å². The number of nitrogens with one attached hydrogen (secondary N) is 2. The molecule has 2 aromatic carbocycles. The second kappa shape index (κ2) is 11.8. The second-order valence-corrected chi connectivity index (χ2v) is 15.9. The van der Waals surface area contributed by atoms with Gasteiger partial charge in [0.15, 0.2) is 5.82 Å². The standard InChI is InChI=1S/C29H36Cl3N6O2P/c1-6-18-11-22(25(40-3)14-24(18)38-16-29(17-38)7-9-37(2)10-8-29)35-28-33-15-21(32)27(36-28)34-23-12-19(30)20(31)13-26(23)41(4,5)39/h11-15H,6-10,16-17H2,1-5H3,(H2,33,34,35,36). The molecule has 1 aromatic heterocycles. The van der Waals surface area contributed by atoms with Crippen molar-refractivity contribution >= 4 is 76.1 Å². The molecule has 41 heavy (non-hydrogen) atoms. The molecule has 5 rings (SSSR count). The van der Waals surface area contributed by atoms with Gasteiger partial charge in [0.1, 0.15) is 17.9 Å². The highest BCUT2D eigenvalue weighted by atomic mass is 35.5. The maximum Gasteiger partial charge on any atom is 0.229 e. The average molecular weight is 638 g/mol. The van der Waals surface area contributed by atoms with Crippen LogP contribution in [0.4, 0.5) is 28.8 Å². The van der Waals surface area contributed by atoms with Crippen LogP contribution in [0.5, 0.6) is 5.75 Å². The third kappa shape index (κ3) is 6.42. The van der Waals surface area contributed by atoms with Gasteiger partial charge in [0, 0.05) is 35.6 Å². The summed E-state index contributed by atoms with van der Waals surface area (Å²) in [6, 6.07) is 7.47. The molecule has 3 heterocycles. The van der Waals surface area contributed by atoms with Crippen LogP contribution in [0.15, 0.2) is 30.5 Å². The first-order valence-corrected chi connectivity index (χ1v) is 17.4. The number of halogens is 3. The fraction of sp³-hybridized carbons (Fsp3) is 0.448. The molecule has 0 radical (unpaired) electrons. The lowest BCUT2D eigenvalue weighted by Crippen LogP contribution is -2.60. The van der Waals surface area contributed by atoms with Crippen molar-refractivity contribution in [2.24, 2.45) is 5.41 Å². The molecule has 2 aliphatic heterocycles. The Morgan fingerprint density at radius 2 is 1.68 bits per heavy atom. The van der Waals surface area contributed by atoms with Gasteiger partial charge in [-0.1, -0.05) is 41.7 Å². The largest absolute Gasteiger partial charge is 0.494 e. The van der Waals surface area contributed by atoms with E-state index < -0.39 is 7.14 Å². The molecule has 2 N–H and O–H groups in total. The molecule has 2 aliphatic rings. The van der Waals surface area contributed by atoms with E-state index in [2.05, 4.69) is 56.5 Å². The van der Waals surface area contributed by atoms with Crippen LogP contribution in [0.1, 0.15) is 25.3 Å². The van der Waals surface area contributed by atoms with Crippen molar-refractivity contribution in [2.45, 2.75) is 26.2 Å². The van der Waals surface area contributed by atoms with E-state index in [1.807, 2.05) is 0 Å². The number of hydrogen-bond acceptors (Lipinski definition) is 8. The van der Waals surface area contributed by atoms with E-state index >= 15 is 0 Å². The van der Waals surface area contributed by atoms with Crippen molar-refractivity contribution in [3.8, 4) is 5.75 Å². The Hall–Kier alpha value is -2.22. The molecule has 0 unspecified atom stereocenters. The van der Waals surface area contributed by atoms with Crippen molar-refractivity contribution in [3.05, 3.63) is 51.1 Å². The van der Waals surface area contributed by atoms with Crippen LogP contribution >= 0.6 is 41.9 Å². The zero-order valence-electron chi connectivity index (χ0n) is 24.0. The number of benzene rings is 2. The first kappa shape index (κ1) is 30.2. The summed E-state index contributed by atoms with van der Waals surface area (Å²) in [5.41, 5.74) is 4.16. The molecule has 8 nitrogen and oxygen atoms in total. The van der Waals surface area contributed by atoms with Crippen molar-refractivity contribution < 1.29 is 9.30 Å². The van der Waals surface area contributed by atoms with Gasteiger partial charge < -0.3 is 29.7 Å². The van der Waals surface area contributed by atoms with Gasteiger partial charge in [-0.3, -0.25) is 0 Å². The Morgan fingerprint density at radius 1 is 1.00 bits per heavy atom. The Morgan fingerprint density at radius 3 is 2.32 bits per heavy atom. The third-order valence-electron chi connectivity index (χ3n) is 8.09. The molecule has 2 saturated heterocycles. The van der Waals surface area contributed by atoms with Crippen molar-refractivity contribution in [3.63, 3.8) is 0 Å². The number of anilines is 5. The van der Waals surface area contributed by atoms with Crippen molar-refractivity contribution in [1.29, 1.82) is 0 Å². The maximum atomic E-state index is 13.0. The molecule has 12 heteroatoms. The van der Waals surface area contributed by atoms with Crippen LogP contribution in [-0.2, 0) is 11.0 Å². The molecule has 2 fully saturated rings. The fourth-order valence-electron chi connectivity index (χ4n) is 5.65. The van der Waals surface area contributed by atoms with E-state index in [-0.39, 0.29) is 0 Å². The van der Waals surface area contributed by atoms with E-state index in [1.165, 1.54) is 43.4 Å². The minimum atomic E-state index is -2.70. The predicted molar refractivity (Wildman–Crippen MR) is 173 cm³/mol. The minimum absolute atomic E-state index is 0.298. The zero-order valence-corrected chi connectivity index (χ0v) is 27.2. The van der Waals surface area contributed by atoms with Crippen LogP contribution in [0.3, 0.4) is 0 Å². The van der Waals surface area contributed by atoms with Gasteiger partial charge in [-0.05, 0) is 76.5 Å². The molecular formula is C29H36Cl3N6O2P. The van der Waals surface area contributed by atoms with Gasteiger partial charge in [0.25, 0.3) is 0 Å². The van der Waals surface area contributed by atoms with Gasteiger partial charge in [0.2, 0.25) is 5.95 Å². The summed E-state index contributed by atoms with van der Waals surface area (Å²) in [6.07, 6.45) is 4.89. The average Bonchev–Trinajstić information content (AvgIpc) is 2.91. The normalized spacial score (nSPS) is 16.9. The lowest BCUT2D eigenvalue weighted by molar-refractivity contribution is 0.0905. The highest BCUT2D eigenvalue weighted by molar-refractivity contribution is 7.70. The smallest absolute Gasteiger partial charge is 0.229 e. The topological polar surface area (TPSA) is 82.6 Å². The number of nitrogens with zero attached hydrogens (tertiary/aromatic N) is 4. The van der Waals surface area contributed by atoms with E-state index in [0.717, 1.165) is 25.2 Å². The molecule has 0 atom stereocenters. The van der Waals surface area contributed by atoms with Crippen molar-refractivity contribution in [2.75, 3.05) is 69.2 Å². The number of aryl methyl sites for hydroxylation is 1. The Bertz CT molecular complexity index is 1500. The summed E-state index contributed by atoms with van der Waals surface area (Å²) < 4.78 is 18.8. The number of likely N-dealkylation sites (tertiary alicyclic amines) is 1. The molecule has 0 aliphatic carbocycles. The summed E-state index contributed by atoms with van der Waals surface area (Å²) in [7, 11) is 1.18. The highest BCUT2D eigenvalue weighted by Crippen LogP contribution is 2.46. The third-order valence-corrected chi connectivity index (χ3v) is 10.6. The summed E-state index contributed by atoms with van der Waals surface area (Å²) >= 11 is 19.0. The molecule has 0 bridgehead atoms. The number of hydrogen-bond donors (Lipinski definition) is 2. The number of ether oxygens (including phenoxy) is 1. The quantitative estimate of drug-likeness (QED) is 0.250. The number of methoxy groups -OCH3 is 1. The van der Waals surface area contributed by atoms with Gasteiger partial charge in [0.05, 0.1) is 34.7 Å². The zero-order chi connectivity index (χ0) is 29.5. The lowest BCUT2D eigenvalue weighted by Gasteiger charge is -2.55. The minimum Gasteiger partial charge on any atom is -0.494 e. The van der Waals surface area contributed by atoms with Crippen LogP contribution in [0, 0.1) is 5.41 Å². The molecule has 3 aromatic rings. The second-order valence-electron chi connectivity index (χ2n) is 11.5. The van der Waals surface area contributed by atoms with E-state index in [4.69, 9.17) is 39.5 Å². The van der Waals surface area contributed by atoms with Gasteiger partial charge >= 0.3 is 0 Å². The predicted octanol–water partition coefficient (Wildman–Crippen LogP) is 7.28. The first-order chi connectivity index (χ1) is 19.4. The van der Waals surface area contributed by atoms with E-state index in [9.17, 15) is 4.57 Å². The summed E-state index contributed by atoms with van der Waals surface area (Å²) in [4.78, 5) is 13.9. The molecular weight excluding hydrogens is 602 g/mol. The first-order valence-electron chi connectivity index (χ1n) is 13.7. The maximum absolute atomic E-state index is 13.0. The monoisotopic (exact) mass is 636 g/mol. The van der Waals surface area contributed by atoms with Gasteiger partial charge in [-0.25, -0.2) is 4.98 Å². The summed E-state index contributed by atoms with van der Waals surface area (Å²) in [6.45, 7) is 10.00. The SMILES string of the molecule is CCc1cc(Nc2ncc(Cl)c(Nc3cc(Cl)c(Cl)cc3P(C)(C)=O)n2)c(OC)cc1N1CC2(CCN(C)CC2)C1. The molecule has 0 saturated carbocycles. The van der Waals surface area contributed by atoms with Crippen LogP contribution in [-0.4, -0.2) is 68.5 Å². The Labute approximate surface area is 257 Å². The summed E-state index contributed by atoms with van der Waals surface area (Å²) in [5.74, 6) is 1.38. The fourth-order valence-corrected chi connectivity index (χ4v) is 7.33. The highest BCUT2D eigenvalue weighted by Gasteiger charge is 2.45. The lowest BCUT2D eigenvalue weighted by atomic mass is 9.71. The molecule has 1 spiro atoms. The number of rotatable bonds is 8. The van der Waals surface area contributed by atoms with Crippen LogP contribution in [0.2, 0.25) is 15.1 Å². The van der Waals surface area contributed by atoms with Gasteiger partial charge in [-0.15, -0.1) is 0 Å². The Kier molecular flexibility index (Phi) is 8.71. The Balaban J connectivity index is 1.40. The van der Waals surface area contributed by atoms with E-state index in [0.29, 0.717) is 49.0 Å². The van der Waals surface area contributed by atoms with Crippen LogP contribution < -0.4 is 25.6 Å².